The highest BCUT2D eigenvalue weighted by molar-refractivity contribution is 5.76. The average Bonchev–Trinajstić information content (AvgIpc) is 3.01. The number of allylic oxidation sites excluding steroid dienone is 1. The minimum Gasteiger partial charge on any atom is -0.491 e. The van der Waals surface area contributed by atoms with E-state index in [1.54, 1.807) is 0 Å². The Labute approximate surface area is 148 Å². The molecule has 3 aromatic rings. The molecule has 2 aromatic carbocycles. The van der Waals surface area contributed by atoms with Crippen LogP contribution in [0.15, 0.2) is 61.2 Å². The van der Waals surface area contributed by atoms with E-state index in [4.69, 9.17) is 4.74 Å². The lowest BCUT2D eigenvalue weighted by Crippen LogP contribution is -2.14. The Morgan fingerprint density at radius 2 is 1.96 bits per heavy atom. The van der Waals surface area contributed by atoms with Crippen molar-refractivity contribution in [2.45, 2.75) is 32.4 Å². The summed E-state index contributed by atoms with van der Waals surface area (Å²) in [6.45, 7) is 6.90. The molecule has 0 aliphatic rings. The summed E-state index contributed by atoms with van der Waals surface area (Å²) in [6, 6.07) is 16.0. The third-order valence-corrected chi connectivity index (χ3v) is 4.28. The molecule has 0 fully saturated rings. The molecule has 0 unspecified atom stereocenters. The maximum absolute atomic E-state index is 10.3. The molecule has 0 bridgehead atoms. The van der Waals surface area contributed by atoms with E-state index in [-0.39, 0.29) is 0 Å². The Kier molecular flexibility index (Phi) is 5.51. The predicted octanol–water partition coefficient (Wildman–Crippen LogP) is 4.29. The zero-order valence-electron chi connectivity index (χ0n) is 14.6. The molecule has 0 radical (unpaired) electrons. The van der Waals surface area contributed by atoms with Crippen molar-refractivity contribution in [3.05, 3.63) is 72.6 Å². The van der Waals surface area contributed by atoms with Gasteiger partial charge in [-0.05, 0) is 36.6 Å². The van der Waals surface area contributed by atoms with Crippen LogP contribution in [0.1, 0.15) is 30.8 Å². The number of imidazole rings is 1. The first kappa shape index (κ1) is 17.2. The molecule has 3 rings (SSSR count). The van der Waals surface area contributed by atoms with Crippen LogP contribution in [0.4, 0.5) is 0 Å². The van der Waals surface area contributed by atoms with E-state index in [1.807, 2.05) is 55.5 Å². The molecule has 1 atom stereocenters. The van der Waals surface area contributed by atoms with Gasteiger partial charge in [0.2, 0.25) is 0 Å². The molecular weight excluding hydrogens is 312 g/mol. The van der Waals surface area contributed by atoms with Gasteiger partial charge in [0.05, 0.1) is 17.6 Å². The summed E-state index contributed by atoms with van der Waals surface area (Å²) in [5.74, 6) is 1.58. The Morgan fingerprint density at radius 3 is 2.76 bits per heavy atom. The van der Waals surface area contributed by atoms with Crippen molar-refractivity contribution in [2.24, 2.45) is 0 Å². The second-order valence-electron chi connectivity index (χ2n) is 5.98. The molecule has 25 heavy (non-hydrogen) atoms. The zero-order valence-corrected chi connectivity index (χ0v) is 14.6. The number of ether oxygens (including phenoxy) is 1. The molecule has 0 saturated carbocycles. The van der Waals surface area contributed by atoms with Gasteiger partial charge < -0.3 is 14.4 Å². The number of fused-ring (bicyclic) bond motifs is 1. The Morgan fingerprint density at radius 1 is 1.20 bits per heavy atom. The van der Waals surface area contributed by atoms with Gasteiger partial charge in [-0.2, -0.15) is 0 Å². The number of para-hydroxylation sites is 3. The number of benzene rings is 2. The van der Waals surface area contributed by atoms with Gasteiger partial charge >= 0.3 is 0 Å². The number of hydrogen-bond acceptors (Lipinski definition) is 3. The van der Waals surface area contributed by atoms with Gasteiger partial charge in [-0.1, -0.05) is 43.3 Å². The molecule has 0 amide bonds. The first-order chi connectivity index (χ1) is 12.2. The zero-order chi connectivity index (χ0) is 17.6. The van der Waals surface area contributed by atoms with Crippen molar-refractivity contribution < 1.29 is 9.84 Å². The van der Waals surface area contributed by atoms with Crippen molar-refractivity contribution in [3.8, 4) is 5.75 Å². The van der Waals surface area contributed by atoms with E-state index >= 15 is 0 Å². The van der Waals surface area contributed by atoms with Crippen molar-refractivity contribution in [1.82, 2.24) is 9.55 Å². The minimum atomic E-state index is -0.569. The molecule has 4 nitrogen and oxygen atoms in total. The average molecular weight is 336 g/mol. The summed E-state index contributed by atoms with van der Waals surface area (Å²) >= 11 is 0. The predicted molar refractivity (Wildman–Crippen MR) is 101 cm³/mol. The number of aliphatic hydroxyl groups excluding tert-OH is 1. The highest BCUT2D eigenvalue weighted by Crippen LogP contribution is 2.23. The van der Waals surface area contributed by atoms with E-state index in [0.717, 1.165) is 28.8 Å². The molecule has 0 spiro atoms. The SMILES string of the molecule is C=CCc1ccccc1OCCn1c([C@@H](O)CC)nc2ccccc21. The van der Waals surface area contributed by atoms with Crippen LogP contribution in [-0.2, 0) is 13.0 Å². The Balaban J connectivity index is 1.80. The molecule has 130 valence electrons. The van der Waals surface area contributed by atoms with Gasteiger partial charge in [0.25, 0.3) is 0 Å². The smallest absolute Gasteiger partial charge is 0.138 e. The summed E-state index contributed by atoms with van der Waals surface area (Å²) in [7, 11) is 0. The first-order valence-electron chi connectivity index (χ1n) is 8.69. The highest BCUT2D eigenvalue weighted by atomic mass is 16.5. The molecular formula is C21H24N2O2. The van der Waals surface area contributed by atoms with Crippen LogP contribution in [0.3, 0.4) is 0 Å². The number of aliphatic hydroxyl groups is 1. The standard InChI is InChI=1S/C21H24N2O2/c1-3-9-16-10-5-8-13-20(16)25-15-14-23-18-12-7-6-11-17(18)22-21(23)19(24)4-2/h3,5-8,10-13,19,24H,1,4,9,14-15H2,2H3/t19-/m0/s1. The maximum atomic E-state index is 10.3. The number of hydrogen-bond donors (Lipinski definition) is 1. The van der Waals surface area contributed by atoms with Crippen molar-refractivity contribution >= 4 is 11.0 Å². The van der Waals surface area contributed by atoms with Crippen LogP contribution in [0.25, 0.3) is 11.0 Å². The molecule has 0 aliphatic heterocycles. The summed E-state index contributed by atoms with van der Waals surface area (Å²) in [5, 5.41) is 10.3. The summed E-state index contributed by atoms with van der Waals surface area (Å²) in [4.78, 5) is 4.60. The lowest BCUT2D eigenvalue weighted by Gasteiger charge is -2.14. The number of aromatic nitrogens is 2. The number of nitrogens with zero attached hydrogens (tertiary/aromatic N) is 2. The lowest BCUT2D eigenvalue weighted by atomic mass is 10.1. The third kappa shape index (κ3) is 3.74. The molecule has 1 N–H and O–H groups in total. The third-order valence-electron chi connectivity index (χ3n) is 4.28. The van der Waals surface area contributed by atoms with Gasteiger partial charge in [0.15, 0.2) is 0 Å². The monoisotopic (exact) mass is 336 g/mol. The van der Waals surface area contributed by atoms with Gasteiger partial charge in [-0.15, -0.1) is 6.58 Å². The van der Waals surface area contributed by atoms with Crippen LogP contribution < -0.4 is 4.74 Å². The molecule has 0 saturated heterocycles. The normalized spacial score (nSPS) is 12.2. The molecule has 1 heterocycles. The second-order valence-corrected chi connectivity index (χ2v) is 5.98. The summed E-state index contributed by atoms with van der Waals surface area (Å²) in [5.41, 5.74) is 3.05. The lowest BCUT2D eigenvalue weighted by molar-refractivity contribution is 0.157. The quantitative estimate of drug-likeness (QED) is 0.624. The fourth-order valence-electron chi connectivity index (χ4n) is 2.98. The van der Waals surface area contributed by atoms with E-state index in [0.29, 0.717) is 25.4 Å². The van der Waals surface area contributed by atoms with Gasteiger partial charge in [-0.25, -0.2) is 4.98 Å². The van der Waals surface area contributed by atoms with E-state index in [9.17, 15) is 5.11 Å². The van der Waals surface area contributed by atoms with Crippen LogP contribution in [0.5, 0.6) is 5.75 Å². The van der Waals surface area contributed by atoms with Gasteiger partial charge in [0.1, 0.15) is 24.3 Å². The van der Waals surface area contributed by atoms with Crippen molar-refractivity contribution in [2.75, 3.05) is 6.61 Å². The highest BCUT2D eigenvalue weighted by Gasteiger charge is 2.16. The second kappa shape index (κ2) is 7.99. The van der Waals surface area contributed by atoms with Crippen LogP contribution in [0.2, 0.25) is 0 Å². The molecule has 0 aliphatic carbocycles. The molecule has 1 aromatic heterocycles. The summed E-state index contributed by atoms with van der Waals surface area (Å²) in [6.07, 6.45) is 2.72. The first-order valence-corrected chi connectivity index (χ1v) is 8.69. The maximum Gasteiger partial charge on any atom is 0.138 e. The van der Waals surface area contributed by atoms with Gasteiger partial charge in [0, 0.05) is 0 Å². The summed E-state index contributed by atoms with van der Waals surface area (Å²) < 4.78 is 8.06. The van der Waals surface area contributed by atoms with Crippen LogP contribution in [-0.4, -0.2) is 21.3 Å². The van der Waals surface area contributed by atoms with E-state index in [2.05, 4.69) is 22.2 Å². The largest absolute Gasteiger partial charge is 0.491 e. The van der Waals surface area contributed by atoms with Gasteiger partial charge in [-0.3, -0.25) is 0 Å². The number of rotatable bonds is 8. The Bertz CT molecular complexity index is 854. The van der Waals surface area contributed by atoms with E-state index < -0.39 is 6.10 Å². The van der Waals surface area contributed by atoms with E-state index in [1.165, 1.54) is 0 Å². The fraction of sp³-hybridized carbons (Fsp3) is 0.286. The Hall–Kier alpha value is -2.59. The minimum absolute atomic E-state index is 0.512. The van der Waals surface area contributed by atoms with Crippen molar-refractivity contribution in [1.29, 1.82) is 0 Å². The van der Waals surface area contributed by atoms with Crippen LogP contribution in [0, 0.1) is 0 Å². The fourth-order valence-corrected chi connectivity index (χ4v) is 2.98. The molecule has 4 heteroatoms. The van der Waals surface area contributed by atoms with Crippen LogP contribution >= 0.6 is 0 Å². The topological polar surface area (TPSA) is 47.3 Å². The van der Waals surface area contributed by atoms with Crippen molar-refractivity contribution in [3.63, 3.8) is 0 Å².